The van der Waals surface area contributed by atoms with Crippen molar-refractivity contribution in [2.45, 2.75) is 53.6 Å². The molecule has 0 aromatic carbocycles. The van der Waals surface area contributed by atoms with Gasteiger partial charge in [-0.1, -0.05) is 27.7 Å². The van der Waals surface area contributed by atoms with E-state index in [0.29, 0.717) is 12.6 Å². The van der Waals surface area contributed by atoms with E-state index < -0.39 is 0 Å². The Hall–Kier alpha value is -1.16. The summed E-state index contributed by atoms with van der Waals surface area (Å²) in [5.74, 6) is 0.580. The second-order valence-corrected chi connectivity index (χ2v) is 6.47. The summed E-state index contributed by atoms with van der Waals surface area (Å²) in [4.78, 5) is 6.44. The number of anilines is 1. The van der Waals surface area contributed by atoms with Crippen molar-refractivity contribution < 1.29 is 4.39 Å². The van der Waals surface area contributed by atoms with Gasteiger partial charge < -0.3 is 10.2 Å². The van der Waals surface area contributed by atoms with Gasteiger partial charge in [0.1, 0.15) is 11.6 Å². The molecule has 114 valence electrons. The zero-order valence-electron chi connectivity index (χ0n) is 13.6. The van der Waals surface area contributed by atoms with Crippen LogP contribution in [-0.4, -0.2) is 24.6 Å². The van der Waals surface area contributed by atoms with Crippen LogP contribution in [0.3, 0.4) is 0 Å². The largest absolute Gasteiger partial charge is 0.356 e. The van der Waals surface area contributed by atoms with Crippen molar-refractivity contribution in [3.05, 3.63) is 23.6 Å². The van der Waals surface area contributed by atoms with Crippen molar-refractivity contribution in [3.8, 4) is 0 Å². The Balaban J connectivity index is 2.98. The molecule has 1 aromatic rings. The van der Waals surface area contributed by atoms with Crippen LogP contribution in [0.4, 0.5) is 10.2 Å². The summed E-state index contributed by atoms with van der Waals surface area (Å²) < 4.78 is 13.4. The van der Waals surface area contributed by atoms with Crippen LogP contribution in [0, 0.1) is 11.2 Å². The standard InChI is InChI=1S/C16H28FN3/c1-7-8-18-10-13-9-14(17)11-19-15(13)20(6)12(2)16(3,4)5/h9,11-12,18H,7-8,10H2,1-6H3. The maximum Gasteiger partial charge on any atom is 0.141 e. The lowest BCUT2D eigenvalue weighted by molar-refractivity contribution is 0.328. The molecule has 20 heavy (non-hydrogen) atoms. The highest BCUT2D eigenvalue weighted by Crippen LogP contribution is 2.28. The normalized spacial score (nSPS) is 13.3. The zero-order chi connectivity index (χ0) is 15.3. The number of aromatic nitrogens is 1. The molecule has 0 aliphatic heterocycles. The maximum absolute atomic E-state index is 13.4. The molecule has 0 aliphatic rings. The summed E-state index contributed by atoms with van der Waals surface area (Å²) in [6.07, 6.45) is 2.36. The van der Waals surface area contributed by atoms with E-state index in [9.17, 15) is 4.39 Å². The molecule has 0 amide bonds. The molecule has 3 nitrogen and oxygen atoms in total. The zero-order valence-corrected chi connectivity index (χ0v) is 13.6. The van der Waals surface area contributed by atoms with Gasteiger partial charge in [0.25, 0.3) is 0 Å². The highest BCUT2D eigenvalue weighted by molar-refractivity contribution is 5.47. The van der Waals surface area contributed by atoms with Crippen LogP contribution in [0.25, 0.3) is 0 Å². The van der Waals surface area contributed by atoms with Gasteiger partial charge in [0, 0.05) is 25.2 Å². The Labute approximate surface area is 122 Å². The van der Waals surface area contributed by atoms with E-state index in [2.05, 4.69) is 49.8 Å². The van der Waals surface area contributed by atoms with E-state index in [4.69, 9.17) is 0 Å². The molecule has 0 fully saturated rings. The molecule has 1 rings (SSSR count). The molecule has 4 heteroatoms. The number of hydrogen-bond donors (Lipinski definition) is 1. The van der Waals surface area contributed by atoms with Crippen molar-refractivity contribution >= 4 is 5.82 Å². The quantitative estimate of drug-likeness (QED) is 0.808. The molecule has 0 saturated carbocycles. The Morgan fingerprint density at radius 3 is 2.60 bits per heavy atom. The first-order chi connectivity index (χ1) is 9.27. The van der Waals surface area contributed by atoms with Crippen molar-refractivity contribution in [1.29, 1.82) is 0 Å². The SMILES string of the molecule is CCCNCc1cc(F)cnc1N(C)C(C)C(C)(C)C. The number of pyridine rings is 1. The van der Waals surface area contributed by atoms with Crippen molar-refractivity contribution in [2.75, 3.05) is 18.5 Å². The summed E-state index contributed by atoms with van der Waals surface area (Å²) in [5.41, 5.74) is 1.05. The number of halogens is 1. The summed E-state index contributed by atoms with van der Waals surface area (Å²) in [6.45, 7) is 12.5. The van der Waals surface area contributed by atoms with Crippen molar-refractivity contribution in [1.82, 2.24) is 10.3 Å². The average molecular weight is 281 g/mol. The fraction of sp³-hybridized carbons (Fsp3) is 0.688. The van der Waals surface area contributed by atoms with E-state index in [1.165, 1.54) is 6.20 Å². The first kappa shape index (κ1) is 16.9. The van der Waals surface area contributed by atoms with Gasteiger partial charge >= 0.3 is 0 Å². The topological polar surface area (TPSA) is 28.2 Å². The fourth-order valence-corrected chi connectivity index (χ4v) is 2.09. The summed E-state index contributed by atoms with van der Waals surface area (Å²) in [5, 5.41) is 3.32. The summed E-state index contributed by atoms with van der Waals surface area (Å²) in [6, 6.07) is 1.89. The van der Waals surface area contributed by atoms with Crippen LogP contribution in [0.2, 0.25) is 0 Å². The minimum absolute atomic E-state index is 0.138. The van der Waals surface area contributed by atoms with Crippen LogP contribution in [0.15, 0.2) is 12.3 Å². The van der Waals surface area contributed by atoms with Gasteiger partial charge in [-0.2, -0.15) is 0 Å². The molecule has 1 heterocycles. The Kier molecular flexibility index (Phi) is 5.93. The van der Waals surface area contributed by atoms with Crippen LogP contribution in [0.1, 0.15) is 46.6 Å². The van der Waals surface area contributed by atoms with Crippen LogP contribution in [-0.2, 0) is 6.54 Å². The monoisotopic (exact) mass is 281 g/mol. The summed E-state index contributed by atoms with van der Waals surface area (Å²) >= 11 is 0. The van der Waals surface area contributed by atoms with Gasteiger partial charge in [-0.25, -0.2) is 9.37 Å². The molecule has 1 aromatic heterocycles. The molecular weight excluding hydrogens is 253 g/mol. The number of rotatable bonds is 6. The van der Waals surface area contributed by atoms with Gasteiger partial charge in [0.05, 0.1) is 6.20 Å². The van der Waals surface area contributed by atoms with Crippen molar-refractivity contribution in [2.24, 2.45) is 5.41 Å². The number of nitrogens with zero attached hydrogens (tertiary/aromatic N) is 2. The van der Waals surface area contributed by atoms with Gasteiger partial charge in [-0.3, -0.25) is 0 Å². The smallest absolute Gasteiger partial charge is 0.141 e. The van der Waals surface area contributed by atoms with Crippen LogP contribution < -0.4 is 10.2 Å². The highest BCUT2D eigenvalue weighted by atomic mass is 19.1. The van der Waals surface area contributed by atoms with Gasteiger partial charge in [-0.05, 0) is 31.4 Å². The third-order valence-corrected chi connectivity index (χ3v) is 3.82. The maximum atomic E-state index is 13.4. The minimum Gasteiger partial charge on any atom is -0.356 e. The first-order valence-electron chi connectivity index (χ1n) is 7.35. The predicted octanol–water partition coefficient (Wildman–Crippen LogP) is 3.59. The van der Waals surface area contributed by atoms with Crippen LogP contribution >= 0.6 is 0 Å². The Bertz CT molecular complexity index is 426. The molecule has 0 spiro atoms. The molecule has 0 aliphatic carbocycles. The molecule has 0 radical (unpaired) electrons. The Morgan fingerprint density at radius 1 is 1.40 bits per heavy atom. The first-order valence-corrected chi connectivity index (χ1v) is 7.35. The third-order valence-electron chi connectivity index (χ3n) is 3.82. The highest BCUT2D eigenvalue weighted by Gasteiger charge is 2.26. The van der Waals surface area contributed by atoms with Gasteiger partial charge in [0.15, 0.2) is 0 Å². The van der Waals surface area contributed by atoms with E-state index >= 15 is 0 Å². The molecule has 1 unspecified atom stereocenters. The molecular formula is C16H28FN3. The van der Waals surface area contributed by atoms with E-state index in [-0.39, 0.29) is 11.2 Å². The fourth-order valence-electron chi connectivity index (χ4n) is 2.09. The predicted molar refractivity (Wildman–Crippen MR) is 83.5 cm³/mol. The molecule has 1 N–H and O–H groups in total. The number of hydrogen-bond acceptors (Lipinski definition) is 3. The van der Waals surface area contributed by atoms with E-state index in [1.54, 1.807) is 6.07 Å². The van der Waals surface area contributed by atoms with Crippen LogP contribution in [0.5, 0.6) is 0 Å². The van der Waals surface area contributed by atoms with Crippen molar-refractivity contribution in [3.63, 3.8) is 0 Å². The number of nitrogens with one attached hydrogen (secondary N) is 1. The lowest BCUT2D eigenvalue weighted by atomic mass is 9.87. The molecule has 0 saturated heterocycles. The minimum atomic E-state index is -0.279. The van der Waals surface area contributed by atoms with Gasteiger partial charge in [0.2, 0.25) is 0 Å². The lowest BCUT2D eigenvalue weighted by Crippen LogP contribution is -2.40. The average Bonchev–Trinajstić information content (AvgIpc) is 2.36. The lowest BCUT2D eigenvalue weighted by Gasteiger charge is -2.37. The summed E-state index contributed by atoms with van der Waals surface area (Å²) in [7, 11) is 2.03. The second kappa shape index (κ2) is 7.02. The molecule has 0 bridgehead atoms. The Morgan fingerprint density at radius 2 is 2.05 bits per heavy atom. The molecule has 1 atom stereocenters. The van der Waals surface area contributed by atoms with Gasteiger partial charge in [-0.15, -0.1) is 0 Å². The third kappa shape index (κ3) is 4.44. The van der Waals surface area contributed by atoms with E-state index in [1.807, 2.05) is 7.05 Å². The van der Waals surface area contributed by atoms with E-state index in [0.717, 1.165) is 24.3 Å². The second-order valence-electron chi connectivity index (χ2n) is 6.47.